The van der Waals surface area contributed by atoms with E-state index in [-0.39, 0.29) is 11.8 Å². The number of hydrogen-bond donors (Lipinski definition) is 1. The summed E-state index contributed by atoms with van der Waals surface area (Å²) in [6.45, 7) is 4.76. The molecular weight excluding hydrogens is 344 g/mol. The average molecular weight is 374 g/mol. The summed E-state index contributed by atoms with van der Waals surface area (Å²) in [5.41, 5.74) is 0.630. The third-order valence-corrected chi connectivity index (χ3v) is 5.39. The molecule has 27 heavy (non-hydrogen) atoms. The lowest BCUT2D eigenvalue weighted by Gasteiger charge is -2.34. The van der Waals surface area contributed by atoms with Gasteiger partial charge in [-0.25, -0.2) is 4.98 Å². The van der Waals surface area contributed by atoms with Crippen molar-refractivity contribution < 1.29 is 14.3 Å². The van der Waals surface area contributed by atoms with Crippen molar-refractivity contribution >= 4 is 17.6 Å². The van der Waals surface area contributed by atoms with E-state index in [4.69, 9.17) is 4.74 Å². The Morgan fingerprint density at radius 3 is 2.74 bits per heavy atom. The number of hydrogen-bond acceptors (Lipinski definition) is 5. The van der Waals surface area contributed by atoms with E-state index in [0.717, 1.165) is 64.2 Å². The minimum atomic E-state index is 0.0455. The quantitative estimate of drug-likeness (QED) is 0.705. The van der Waals surface area contributed by atoms with E-state index in [9.17, 15) is 9.59 Å². The van der Waals surface area contributed by atoms with Gasteiger partial charge in [-0.05, 0) is 43.7 Å². The van der Waals surface area contributed by atoms with Gasteiger partial charge in [0.25, 0.3) is 5.91 Å². The van der Waals surface area contributed by atoms with Gasteiger partial charge >= 0.3 is 0 Å². The number of methoxy groups -OCH3 is 1. The molecule has 1 aromatic rings. The Kier molecular flexibility index (Phi) is 7.04. The van der Waals surface area contributed by atoms with E-state index >= 15 is 0 Å². The Labute approximate surface area is 161 Å². The molecule has 2 aliphatic rings. The van der Waals surface area contributed by atoms with Crippen LogP contribution in [0.25, 0.3) is 0 Å². The van der Waals surface area contributed by atoms with Gasteiger partial charge in [0.1, 0.15) is 5.82 Å². The van der Waals surface area contributed by atoms with Crippen molar-refractivity contribution in [1.82, 2.24) is 14.8 Å². The molecule has 0 bridgehead atoms. The molecule has 7 nitrogen and oxygen atoms in total. The Morgan fingerprint density at radius 2 is 2.11 bits per heavy atom. The van der Waals surface area contributed by atoms with Gasteiger partial charge in [0.2, 0.25) is 5.91 Å². The molecule has 0 aromatic carbocycles. The number of amides is 2. The number of pyridine rings is 1. The van der Waals surface area contributed by atoms with Crippen LogP contribution in [-0.4, -0.2) is 73.0 Å². The summed E-state index contributed by atoms with van der Waals surface area (Å²) in [5, 5.41) is 3.22. The predicted octanol–water partition coefficient (Wildman–Crippen LogP) is 2.00. The summed E-state index contributed by atoms with van der Waals surface area (Å²) in [7, 11) is 1.69. The summed E-state index contributed by atoms with van der Waals surface area (Å²) in [6.07, 6.45) is 6.17. The first-order chi connectivity index (χ1) is 13.2. The van der Waals surface area contributed by atoms with Crippen molar-refractivity contribution in [2.24, 2.45) is 5.92 Å². The number of ether oxygens (including phenoxy) is 1. The molecule has 0 radical (unpaired) electrons. The molecule has 0 saturated carbocycles. The maximum Gasteiger partial charge on any atom is 0.255 e. The van der Waals surface area contributed by atoms with E-state index in [0.29, 0.717) is 24.5 Å². The monoisotopic (exact) mass is 374 g/mol. The Morgan fingerprint density at radius 1 is 1.30 bits per heavy atom. The van der Waals surface area contributed by atoms with Crippen LogP contribution in [0.5, 0.6) is 0 Å². The zero-order chi connectivity index (χ0) is 19.1. The van der Waals surface area contributed by atoms with Gasteiger partial charge in [0.15, 0.2) is 0 Å². The van der Waals surface area contributed by atoms with Crippen LogP contribution < -0.4 is 5.32 Å². The van der Waals surface area contributed by atoms with Crippen LogP contribution >= 0.6 is 0 Å². The molecule has 0 spiro atoms. The van der Waals surface area contributed by atoms with E-state index in [2.05, 4.69) is 10.3 Å². The number of carbonyl (C=O) groups excluding carboxylic acids is 2. The number of carbonyl (C=O) groups is 2. The summed E-state index contributed by atoms with van der Waals surface area (Å²) in [4.78, 5) is 32.7. The molecule has 2 aliphatic heterocycles. The number of anilines is 1. The highest BCUT2D eigenvalue weighted by molar-refractivity contribution is 5.94. The normalized spacial score (nSPS) is 18.2. The molecule has 148 valence electrons. The maximum absolute atomic E-state index is 12.7. The summed E-state index contributed by atoms with van der Waals surface area (Å²) >= 11 is 0. The van der Waals surface area contributed by atoms with Crippen LogP contribution in [0.3, 0.4) is 0 Å². The molecule has 3 heterocycles. The SMILES string of the molecule is COCCCNc1ccc(C(=O)N2CCC(CN3CCCC3=O)CC2)cn1. The molecule has 1 aromatic heterocycles. The molecule has 0 unspecified atom stereocenters. The first-order valence-corrected chi connectivity index (χ1v) is 9.93. The second-order valence-corrected chi connectivity index (χ2v) is 7.38. The smallest absolute Gasteiger partial charge is 0.255 e. The maximum atomic E-state index is 12.7. The highest BCUT2D eigenvalue weighted by Crippen LogP contribution is 2.22. The summed E-state index contributed by atoms with van der Waals surface area (Å²) < 4.78 is 5.02. The first-order valence-electron chi connectivity index (χ1n) is 9.93. The van der Waals surface area contributed by atoms with Crippen LogP contribution in [-0.2, 0) is 9.53 Å². The molecule has 3 rings (SSSR count). The lowest BCUT2D eigenvalue weighted by atomic mass is 9.96. The number of aromatic nitrogens is 1. The Balaban J connectivity index is 1.44. The first kappa shape index (κ1) is 19.6. The van der Waals surface area contributed by atoms with Crippen molar-refractivity contribution in [3.05, 3.63) is 23.9 Å². The van der Waals surface area contributed by atoms with Crippen molar-refractivity contribution in [3.63, 3.8) is 0 Å². The van der Waals surface area contributed by atoms with Crippen LogP contribution in [0, 0.1) is 5.92 Å². The van der Waals surface area contributed by atoms with Gasteiger partial charge in [-0.2, -0.15) is 0 Å². The molecule has 7 heteroatoms. The van der Waals surface area contributed by atoms with Crippen LogP contribution in [0.2, 0.25) is 0 Å². The van der Waals surface area contributed by atoms with Crippen LogP contribution in [0.15, 0.2) is 18.3 Å². The number of likely N-dealkylation sites (tertiary alicyclic amines) is 2. The lowest BCUT2D eigenvalue weighted by Crippen LogP contribution is -2.41. The van der Waals surface area contributed by atoms with Gasteiger partial charge in [-0.15, -0.1) is 0 Å². The fraction of sp³-hybridized carbons (Fsp3) is 0.650. The molecular formula is C20H30N4O3. The lowest BCUT2D eigenvalue weighted by molar-refractivity contribution is -0.128. The molecule has 2 amide bonds. The summed E-state index contributed by atoms with van der Waals surface area (Å²) in [6, 6.07) is 3.69. The third kappa shape index (κ3) is 5.42. The van der Waals surface area contributed by atoms with E-state index in [1.165, 1.54) is 0 Å². The number of piperidine rings is 1. The minimum absolute atomic E-state index is 0.0455. The molecule has 0 atom stereocenters. The Hall–Kier alpha value is -2.15. The summed E-state index contributed by atoms with van der Waals surface area (Å²) in [5.74, 6) is 1.61. The highest BCUT2D eigenvalue weighted by Gasteiger charge is 2.28. The molecule has 0 aliphatic carbocycles. The largest absolute Gasteiger partial charge is 0.385 e. The topological polar surface area (TPSA) is 74.8 Å². The molecule has 1 N–H and O–H groups in total. The van der Waals surface area contributed by atoms with Crippen LogP contribution in [0.1, 0.15) is 42.5 Å². The van der Waals surface area contributed by atoms with Crippen molar-refractivity contribution in [2.45, 2.75) is 32.1 Å². The van der Waals surface area contributed by atoms with E-state index in [1.54, 1.807) is 13.3 Å². The zero-order valence-electron chi connectivity index (χ0n) is 16.2. The van der Waals surface area contributed by atoms with Crippen molar-refractivity contribution in [2.75, 3.05) is 51.8 Å². The highest BCUT2D eigenvalue weighted by atomic mass is 16.5. The van der Waals surface area contributed by atoms with Gasteiger partial charge < -0.3 is 19.9 Å². The second kappa shape index (κ2) is 9.69. The van der Waals surface area contributed by atoms with Gasteiger partial charge in [-0.1, -0.05) is 0 Å². The average Bonchev–Trinajstić information content (AvgIpc) is 3.10. The van der Waals surface area contributed by atoms with E-state index < -0.39 is 0 Å². The predicted molar refractivity (Wildman–Crippen MR) is 104 cm³/mol. The molecule has 2 fully saturated rings. The third-order valence-electron chi connectivity index (χ3n) is 5.39. The van der Waals surface area contributed by atoms with Crippen LogP contribution in [0.4, 0.5) is 5.82 Å². The fourth-order valence-electron chi connectivity index (χ4n) is 3.77. The number of rotatable bonds is 8. The fourth-order valence-corrected chi connectivity index (χ4v) is 3.77. The zero-order valence-corrected chi connectivity index (χ0v) is 16.2. The molecule has 2 saturated heterocycles. The van der Waals surface area contributed by atoms with Crippen molar-refractivity contribution in [3.8, 4) is 0 Å². The Bertz CT molecular complexity index is 627. The van der Waals surface area contributed by atoms with Gasteiger partial charge in [0, 0.05) is 59.1 Å². The van der Waals surface area contributed by atoms with E-state index in [1.807, 2.05) is 21.9 Å². The standard InChI is InChI=1S/C20H30N4O3/c1-27-13-3-9-21-18-6-5-17(14-22-18)20(26)23-11-7-16(8-12-23)15-24-10-2-4-19(24)25/h5-6,14,16H,2-4,7-13,15H2,1H3,(H,21,22). The van der Waals surface area contributed by atoms with Gasteiger partial charge in [-0.3, -0.25) is 9.59 Å². The minimum Gasteiger partial charge on any atom is -0.385 e. The van der Waals surface area contributed by atoms with Gasteiger partial charge in [0.05, 0.1) is 5.56 Å². The number of nitrogens with one attached hydrogen (secondary N) is 1. The second-order valence-electron chi connectivity index (χ2n) is 7.38. The number of nitrogens with zero attached hydrogens (tertiary/aromatic N) is 3. The van der Waals surface area contributed by atoms with Crippen molar-refractivity contribution in [1.29, 1.82) is 0 Å².